The molecule has 0 bridgehead atoms. The summed E-state index contributed by atoms with van der Waals surface area (Å²) in [4.78, 5) is 2.45. The van der Waals surface area contributed by atoms with Crippen LogP contribution in [-0.4, -0.2) is 68.5 Å². The molecule has 0 amide bonds. The fraction of sp³-hybridized carbons (Fsp3) is 1.00. The molecule has 4 nitrogen and oxygen atoms in total. The monoisotopic (exact) mass is 264 g/mol. The second kappa shape index (κ2) is 5.71. The normalized spacial score (nSPS) is 30.6. The first-order valence-corrected chi connectivity index (χ1v) is 8.87. The van der Waals surface area contributed by atoms with Crippen molar-refractivity contribution in [1.82, 2.24) is 10.2 Å². The molecule has 94 valence electrons. The molecule has 2 saturated heterocycles. The van der Waals surface area contributed by atoms with Crippen molar-refractivity contribution in [1.29, 1.82) is 0 Å². The van der Waals surface area contributed by atoms with E-state index in [2.05, 4.69) is 10.2 Å². The van der Waals surface area contributed by atoms with Crippen molar-refractivity contribution in [3.63, 3.8) is 0 Å². The van der Waals surface area contributed by atoms with E-state index in [9.17, 15) is 8.42 Å². The van der Waals surface area contributed by atoms with Crippen LogP contribution < -0.4 is 5.32 Å². The minimum atomic E-state index is -2.73. The van der Waals surface area contributed by atoms with Gasteiger partial charge in [-0.25, -0.2) is 8.42 Å². The first-order valence-electron chi connectivity index (χ1n) is 5.90. The summed E-state index contributed by atoms with van der Waals surface area (Å²) in [6, 6.07) is 0.198. The molecule has 2 aliphatic rings. The van der Waals surface area contributed by atoms with E-state index in [1.165, 1.54) is 24.6 Å². The Balaban J connectivity index is 1.61. The third-order valence-corrected chi connectivity index (χ3v) is 5.91. The highest BCUT2D eigenvalue weighted by atomic mass is 32.2. The van der Waals surface area contributed by atoms with E-state index in [0.717, 1.165) is 19.5 Å². The molecule has 2 heterocycles. The van der Waals surface area contributed by atoms with Crippen molar-refractivity contribution < 1.29 is 8.42 Å². The van der Waals surface area contributed by atoms with Gasteiger partial charge in [0.25, 0.3) is 0 Å². The molecule has 1 N–H and O–H groups in total. The predicted molar refractivity (Wildman–Crippen MR) is 68.8 cm³/mol. The number of nitrogens with zero attached hydrogens (tertiary/aromatic N) is 1. The summed E-state index contributed by atoms with van der Waals surface area (Å²) in [5.41, 5.74) is 0. The van der Waals surface area contributed by atoms with Gasteiger partial charge in [-0.3, -0.25) is 0 Å². The van der Waals surface area contributed by atoms with Crippen molar-refractivity contribution in [2.24, 2.45) is 0 Å². The van der Waals surface area contributed by atoms with Gasteiger partial charge < -0.3 is 10.2 Å². The van der Waals surface area contributed by atoms with Crippen molar-refractivity contribution >= 4 is 21.6 Å². The molecule has 2 rings (SSSR count). The summed E-state index contributed by atoms with van der Waals surface area (Å²) in [5, 5.41) is 3.36. The van der Waals surface area contributed by atoms with Gasteiger partial charge in [0.15, 0.2) is 9.84 Å². The lowest BCUT2D eigenvalue weighted by molar-refractivity contribution is 0.296. The number of nitrogens with one attached hydrogen (secondary N) is 1. The van der Waals surface area contributed by atoms with Crippen LogP contribution in [0.15, 0.2) is 0 Å². The first kappa shape index (κ1) is 12.7. The van der Waals surface area contributed by atoms with Gasteiger partial charge in [0, 0.05) is 43.7 Å². The molecule has 2 fully saturated rings. The second-order valence-corrected chi connectivity index (χ2v) is 7.96. The topological polar surface area (TPSA) is 49.4 Å². The van der Waals surface area contributed by atoms with E-state index < -0.39 is 9.84 Å². The molecule has 1 atom stereocenters. The Morgan fingerprint density at radius 3 is 2.69 bits per heavy atom. The van der Waals surface area contributed by atoms with Crippen LogP contribution in [0.25, 0.3) is 0 Å². The summed E-state index contributed by atoms with van der Waals surface area (Å²) in [6.07, 6.45) is 0.790. The summed E-state index contributed by atoms with van der Waals surface area (Å²) in [5.74, 6) is 3.17. The summed E-state index contributed by atoms with van der Waals surface area (Å²) in [6.45, 7) is 4.33. The number of hydrogen-bond acceptors (Lipinski definition) is 5. The number of thioether (sulfide) groups is 1. The maximum Gasteiger partial charge on any atom is 0.151 e. The van der Waals surface area contributed by atoms with E-state index in [-0.39, 0.29) is 6.04 Å². The average Bonchev–Trinajstić information content (AvgIpc) is 2.60. The Bertz CT molecular complexity index is 313. The van der Waals surface area contributed by atoms with Crippen LogP contribution in [0.2, 0.25) is 0 Å². The van der Waals surface area contributed by atoms with Gasteiger partial charge >= 0.3 is 0 Å². The first-order chi connectivity index (χ1) is 7.66. The van der Waals surface area contributed by atoms with Crippen LogP contribution in [0.1, 0.15) is 6.42 Å². The second-order valence-electron chi connectivity index (χ2n) is 4.51. The average molecular weight is 264 g/mol. The molecule has 16 heavy (non-hydrogen) atoms. The fourth-order valence-corrected chi connectivity index (χ4v) is 4.89. The lowest BCUT2D eigenvalue weighted by Gasteiger charge is -2.26. The molecule has 0 aromatic carbocycles. The third kappa shape index (κ3) is 3.91. The van der Waals surface area contributed by atoms with E-state index in [4.69, 9.17) is 0 Å². The Morgan fingerprint density at radius 2 is 2.06 bits per heavy atom. The summed E-state index contributed by atoms with van der Waals surface area (Å²) < 4.78 is 22.5. The predicted octanol–water partition coefficient (Wildman–Crippen LogP) is -0.188. The standard InChI is InChI=1S/C10H20N2O2S2/c13-16(14)8-1-10(9-16)11-2-3-12-4-6-15-7-5-12/h10-11H,1-9H2. The van der Waals surface area contributed by atoms with Gasteiger partial charge in [-0.05, 0) is 6.42 Å². The largest absolute Gasteiger partial charge is 0.312 e. The number of rotatable bonds is 4. The molecule has 0 aromatic rings. The van der Waals surface area contributed by atoms with E-state index in [0.29, 0.717) is 11.5 Å². The highest BCUT2D eigenvalue weighted by Crippen LogP contribution is 2.11. The van der Waals surface area contributed by atoms with Gasteiger partial charge in [0.05, 0.1) is 11.5 Å². The van der Waals surface area contributed by atoms with E-state index in [1.54, 1.807) is 0 Å². The van der Waals surface area contributed by atoms with Crippen LogP contribution in [0.5, 0.6) is 0 Å². The highest BCUT2D eigenvalue weighted by Gasteiger charge is 2.27. The van der Waals surface area contributed by atoms with Gasteiger partial charge in [0.2, 0.25) is 0 Å². The van der Waals surface area contributed by atoms with Crippen molar-refractivity contribution in [2.45, 2.75) is 12.5 Å². The van der Waals surface area contributed by atoms with E-state index >= 15 is 0 Å². The van der Waals surface area contributed by atoms with Crippen molar-refractivity contribution in [3.05, 3.63) is 0 Å². The molecule has 0 aliphatic carbocycles. The zero-order valence-corrected chi connectivity index (χ0v) is 11.2. The van der Waals surface area contributed by atoms with Crippen LogP contribution >= 0.6 is 11.8 Å². The highest BCUT2D eigenvalue weighted by molar-refractivity contribution is 7.99. The molecule has 1 unspecified atom stereocenters. The molecular formula is C10H20N2O2S2. The minimum Gasteiger partial charge on any atom is -0.312 e. The Kier molecular flexibility index (Phi) is 4.52. The number of hydrogen-bond donors (Lipinski definition) is 1. The molecule has 2 aliphatic heterocycles. The summed E-state index contributed by atoms with van der Waals surface area (Å²) in [7, 11) is -2.73. The summed E-state index contributed by atoms with van der Waals surface area (Å²) >= 11 is 2.02. The SMILES string of the molecule is O=S1(=O)CCC(NCCN2CCSCC2)C1. The van der Waals surface area contributed by atoms with Gasteiger partial charge in [0.1, 0.15) is 0 Å². The Hall–Kier alpha value is 0.220. The lowest BCUT2D eigenvalue weighted by atomic mass is 10.2. The van der Waals surface area contributed by atoms with Gasteiger partial charge in [-0.15, -0.1) is 0 Å². The van der Waals surface area contributed by atoms with Crippen LogP contribution in [-0.2, 0) is 9.84 Å². The molecule has 0 saturated carbocycles. The van der Waals surface area contributed by atoms with Crippen molar-refractivity contribution in [3.8, 4) is 0 Å². The smallest absolute Gasteiger partial charge is 0.151 e. The van der Waals surface area contributed by atoms with Crippen LogP contribution in [0.4, 0.5) is 0 Å². The Morgan fingerprint density at radius 1 is 1.31 bits per heavy atom. The number of sulfone groups is 1. The maximum absolute atomic E-state index is 11.3. The quantitative estimate of drug-likeness (QED) is 0.763. The third-order valence-electron chi connectivity index (χ3n) is 3.20. The molecule has 0 aromatic heterocycles. The maximum atomic E-state index is 11.3. The van der Waals surface area contributed by atoms with Crippen molar-refractivity contribution in [2.75, 3.05) is 49.2 Å². The van der Waals surface area contributed by atoms with Gasteiger partial charge in [-0.2, -0.15) is 11.8 Å². The van der Waals surface area contributed by atoms with Crippen LogP contribution in [0, 0.1) is 0 Å². The zero-order chi connectivity index (χ0) is 11.4. The lowest BCUT2D eigenvalue weighted by Crippen LogP contribution is -2.40. The molecular weight excluding hydrogens is 244 g/mol. The molecule has 0 radical (unpaired) electrons. The minimum absolute atomic E-state index is 0.198. The van der Waals surface area contributed by atoms with Gasteiger partial charge in [-0.1, -0.05) is 0 Å². The zero-order valence-electron chi connectivity index (χ0n) is 9.52. The fourth-order valence-electron chi connectivity index (χ4n) is 2.21. The van der Waals surface area contributed by atoms with Crippen LogP contribution in [0.3, 0.4) is 0 Å². The Labute approximate surface area is 102 Å². The van der Waals surface area contributed by atoms with E-state index in [1.807, 2.05) is 11.8 Å². The molecule has 6 heteroatoms. The molecule has 0 spiro atoms.